The van der Waals surface area contributed by atoms with E-state index in [1.54, 1.807) is 12.1 Å². The fourth-order valence-electron chi connectivity index (χ4n) is 3.19. The number of halogens is 3. The van der Waals surface area contributed by atoms with Crippen molar-refractivity contribution in [2.24, 2.45) is 5.92 Å². The largest absolute Gasteiger partial charge is 0.314 e. The molecule has 2 nitrogen and oxygen atoms in total. The van der Waals surface area contributed by atoms with E-state index in [4.69, 9.17) is 0 Å². The zero-order chi connectivity index (χ0) is 14.5. The Hall–Kier alpha value is -0.710. The molecular formula is C16H25ClF2N2. The van der Waals surface area contributed by atoms with Gasteiger partial charge < -0.3 is 5.32 Å². The molecule has 1 unspecified atom stereocenters. The molecule has 0 radical (unpaired) electrons. The predicted molar refractivity (Wildman–Crippen MR) is 84.9 cm³/mol. The van der Waals surface area contributed by atoms with Crippen LogP contribution in [0.4, 0.5) is 8.78 Å². The third-order valence-corrected chi connectivity index (χ3v) is 4.13. The zero-order valence-electron chi connectivity index (χ0n) is 12.7. The molecule has 0 spiro atoms. The lowest BCUT2D eigenvalue weighted by Gasteiger charge is -2.38. The van der Waals surface area contributed by atoms with Crippen molar-refractivity contribution >= 4 is 12.4 Å². The second-order valence-corrected chi connectivity index (χ2v) is 5.64. The number of nitrogens with one attached hydrogen (secondary N) is 1. The number of hydrogen-bond acceptors (Lipinski definition) is 2. The Morgan fingerprint density at radius 1 is 1.24 bits per heavy atom. The van der Waals surface area contributed by atoms with Gasteiger partial charge in [-0.1, -0.05) is 32.4 Å². The molecule has 0 aliphatic carbocycles. The molecule has 1 aromatic carbocycles. The molecule has 1 aliphatic heterocycles. The van der Waals surface area contributed by atoms with Crippen LogP contribution in [0.1, 0.15) is 38.3 Å². The minimum absolute atomic E-state index is 0. The molecule has 0 amide bonds. The summed E-state index contributed by atoms with van der Waals surface area (Å²) < 4.78 is 27.7. The molecule has 120 valence electrons. The number of piperazine rings is 1. The van der Waals surface area contributed by atoms with Crippen molar-refractivity contribution in [1.82, 2.24) is 10.2 Å². The Balaban J connectivity index is 0.00000220. The lowest BCUT2D eigenvalue weighted by Crippen LogP contribution is -2.46. The van der Waals surface area contributed by atoms with E-state index >= 15 is 0 Å². The van der Waals surface area contributed by atoms with Crippen molar-refractivity contribution in [3.63, 3.8) is 0 Å². The monoisotopic (exact) mass is 318 g/mol. The van der Waals surface area contributed by atoms with Crippen LogP contribution in [0.2, 0.25) is 0 Å². The topological polar surface area (TPSA) is 15.3 Å². The summed E-state index contributed by atoms with van der Waals surface area (Å²) in [5.41, 5.74) is 0.507. The molecule has 1 fully saturated rings. The number of nitrogens with zero attached hydrogens (tertiary/aromatic N) is 1. The van der Waals surface area contributed by atoms with Gasteiger partial charge in [-0.2, -0.15) is 0 Å². The molecule has 1 heterocycles. The van der Waals surface area contributed by atoms with Crippen LogP contribution < -0.4 is 5.32 Å². The van der Waals surface area contributed by atoms with Gasteiger partial charge in [-0.3, -0.25) is 4.90 Å². The van der Waals surface area contributed by atoms with Gasteiger partial charge in [0.2, 0.25) is 0 Å². The third kappa shape index (κ3) is 4.38. The molecule has 0 saturated carbocycles. The van der Waals surface area contributed by atoms with Crippen LogP contribution >= 0.6 is 12.4 Å². The van der Waals surface area contributed by atoms with Gasteiger partial charge in [0, 0.05) is 37.8 Å². The normalized spacial score (nSPS) is 18.9. The fraction of sp³-hybridized carbons (Fsp3) is 0.625. The minimum atomic E-state index is -0.744. The lowest BCUT2D eigenvalue weighted by molar-refractivity contribution is 0.122. The van der Waals surface area contributed by atoms with Crippen LogP contribution in [0.5, 0.6) is 0 Å². The highest BCUT2D eigenvalue weighted by molar-refractivity contribution is 5.85. The third-order valence-electron chi connectivity index (χ3n) is 4.13. The molecule has 0 aromatic heterocycles. The first-order chi connectivity index (χ1) is 9.65. The summed E-state index contributed by atoms with van der Waals surface area (Å²) in [6, 6.07) is 4.50. The first-order valence-electron chi connectivity index (χ1n) is 7.53. The summed E-state index contributed by atoms with van der Waals surface area (Å²) in [6.07, 6.45) is 2.07. The van der Waals surface area contributed by atoms with Crippen LogP contribution in [0.3, 0.4) is 0 Å². The predicted octanol–water partition coefficient (Wildman–Crippen LogP) is 3.77. The van der Waals surface area contributed by atoms with Crippen molar-refractivity contribution in [3.05, 3.63) is 35.4 Å². The van der Waals surface area contributed by atoms with E-state index in [0.29, 0.717) is 11.5 Å². The fourth-order valence-corrected chi connectivity index (χ4v) is 3.19. The van der Waals surface area contributed by atoms with Gasteiger partial charge in [-0.25, -0.2) is 8.78 Å². The molecule has 1 aromatic rings. The lowest BCUT2D eigenvalue weighted by atomic mass is 9.89. The van der Waals surface area contributed by atoms with E-state index in [-0.39, 0.29) is 18.4 Å². The summed E-state index contributed by atoms with van der Waals surface area (Å²) in [5, 5.41) is 3.31. The Kier molecular flexibility index (Phi) is 7.57. The molecule has 21 heavy (non-hydrogen) atoms. The smallest absolute Gasteiger partial charge is 0.163 e. The number of rotatable bonds is 5. The van der Waals surface area contributed by atoms with E-state index in [1.165, 1.54) is 6.07 Å². The van der Waals surface area contributed by atoms with Gasteiger partial charge >= 0.3 is 0 Å². The van der Waals surface area contributed by atoms with E-state index in [1.807, 2.05) is 0 Å². The average Bonchev–Trinajstić information content (AvgIpc) is 2.45. The van der Waals surface area contributed by atoms with Gasteiger partial charge in [0.1, 0.15) is 0 Å². The Labute approximate surface area is 132 Å². The Morgan fingerprint density at radius 2 is 1.90 bits per heavy atom. The molecule has 5 heteroatoms. The summed E-state index contributed by atoms with van der Waals surface area (Å²) >= 11 is 0. The Morgan fingerprint density at radius 3 is 2.52 bits per heavy atom. The van der Waals surface area contributed by atoms with Gasteiger partial charge in [0.15, 0.2) is 11.6 Å². The maximum Gasteiger partial charge on any atom is 0.163 e. The van der Waals surface area contributed by atoms with E-state index in [2.05, 4.69) is 24.1 Å². The van der Waals surface area contributed by atoms with Crippen LogP contribution in [-0.4, -0.2) is 31.1 Å². The number of hydrogen-bond donors (Lipinski definition) is 1. The van der Waals surface area contributed by atoms with Crippen molar-refractivity contribution in [1.29, 1.82) is 0 Å². The maximum atomic E-state index is 14.2. The summed E-state index contributed by atoms with van der Waals surface area (Å²) in [6.45, 7) is 7.86. The first-order valence-corrected chi connectivity index (χ1v) is 7.53. The van der Waals surface area contributed by atoms with Gasteiger partial charge in [0.05, 0.1) is 0 Å². The highest BCUT2D eigenvalue weighted by atomic mass is 35.5. The maximum absolute atomic E-state index is 14.2. The molecule has 1 N–H and O–H groups in total. The van der Waals surface area contributed by atoms with E-state index < -0.39 is 11.6 Å². The van der Waals surface area contributed by atoms with Crippen molar-refractivity contribution in [2.75, 3.05) is 26.2 Å². The second-order valence-electron chi connectivity index (χ2n) is 5.64. The standard InChI is InChI=1S/C16H24F2N2.ClH/c1-3-5-12(2)16(20-10-8-19-9-11-20)13-6-4-7-14(17)15(13)18;/h4,6-7,12,16,19H,3,5,8-11H2,1-2H3;1H/t12?,16-;/m1./s1. The van der Waals surface area contributed by atoms with Crippen molar-refractivity contribution in [2.45, 2.75) is 32.7 Å². The minimum Gasteiger partial charge on any atom is -0.314 e. The van der Waals surface area contributed by atoms with Crippen LogP contribution in [0, 0.1) is 17.6 Å². The number of benzene rings is 1. The summed E-state index contributed by atoms with van der Waals surface area (Å²) in [5.74, 6) is -1.11. The van der Waals surface area contributed by atoms with Gasteiger partial charge in [0.25, 0.3) is 0 Å². The first kappa shape index (κ1) is 18.3. The van der Waals surface area contributed by atoms with E-state index in [9.17, 15) is 8.78 Å². The molecule has 2 atom stereocenters. The highest BCUT2D eigenvalue weighted by Gasteiger charge is 2.29. The van der Waals surface area contributed by atoms with Gasteiger partial charge in [-0.15, -0.1) is 12.4 Å². The molecule has 2 rings (SSSR count). The highest BCUT2D eigenvalue weighted by Crippen LogP contribution is 2.33. The van der Waals surface area contributed by atoms with Gasteiger partial charge in [-0.05, 0) is 18.4 Å². The molecule has 1 saturated heterocycles. The van der Waals surface area contributed by atoms with Crippen molar-refractivity contribution in [3.8, 4) is 0 Å². The van der Waals surface area contributed by atoms with Crippen LogP contribution in [0.25, 0.3) is 0 Å². The van der Waals surface area contributed by atoms with Crippen LogP contribution in [0.15, 0.2) is 18.2 Å². The molecular weight excluding hydrogens is 294 g/mol. The zero-order valence-corrected chi connectivity index (χ0v) is 13.6. The van der Waals surface area contributed by atoms with E-state index in [0.717, 1.165) is 39.0 Å². The molecule has 0 bridgehead atoms. The quantitative estimate of drug-likeness (QED) is 0.889. The van der Waals surface area contributed by atoms with Crippen molar-refractivity contribution < 1.29 is 8.78 Å². The second kappa shape index (κ2) is 8.66. The SMILES string of the molecule is CCCC(C)[C@H](c1cccc(F)c1F)N1CCNCC1.Cl. The summed E-state index contributed by atoms with van der Waals surface area (Å²) in [4.78, 5) is 2.29. The average molecular weight is 319 g/mol. The van der Waals surface area contributed by atoms with Crippen LogP contribution in [-0.2, 0) is 0 Å². The Bertz CT molecular complexity index is 436. The summed E-state index contributed by atoms with van der Waals surface area (Å²) in [7, 11) is 0. The molecule has 1 aliphatic rings.